The van der Waals surface area contributed by atoms with E-state index in [-0.39, 0.29) is 17.0 Å². The van der Waals surface area contributed by atoms with Crippen molar-refractivity contribution < 1.29 is 14.3 Å². The minimum Gasteiger partial charge on any atom is -0.381 e. The molecular weight excluding hydrogens is 370 g/mol. The third-order valence-corrected chi connectivity index (χ3v) is 5.10. The Hall–Kier alpha value is -2.93. The quantitative estimate of drug-likeness (QED) is 0.749. The zero-order valence-electron chi connectivity index (χ0n) is 16.6. The molecule has 0 aliphatic carbocycles. The molecule has 2 N–H and O–H groups in total. The first-order valence-corrected chi connectivity index (χ1v) is 9.92. The standard InChI is InChI=1S/C22H27N3O4/c1-25(14-16-6-3-2-4-7-16)22(28)19-12-18(13-24-21(19)27)20(26)23-10-9-17-8-5-11-29-15-17/h2-4,6-7,12-13,17H,5,8-11,14-15H2,1H3,(H,23,26)(H,24,27). The van der Waals surface area contributed by atoms with Gasteiger partial charge >= 0.3 is 0 Å². The van der Waals surface area contributed by atoms with Crippen LogP contribution in [0.4, 0.5) is 0 Å². The molecule has 1 saturated heterocycles. The molecule has 3 rings (SSSR count). The maximum absolute atomic E-state index is 12.7. The molecule has 0 spiro atoms. The summed E-state index contributed by atoms with van der Waals surface area (Å²) >= 11 is 0. The summed E-state index contributed by atoms with van der Waals surface area (Å²) in [6.07, 6.45) is 4.36. The van der Waals surface area contributed by atoms with Gasteiger partial charge in [-0.1, -0.05) is 30.3 Å². The number of carbonyl (C=O) groups is 2. The summed E-state index contributed by atoms with van der Waals surface area (Å²) in [4.78, 5) is 41.3. The van der Waals surface area contributed by atoms with E-state index in [4.69, 9.17) is 4.74 Å². The highest BCUT2D eigenvalue weighted by molar-refractivity contribution is 5.99. The number of nitrogens with zero attached hydrogens (tertiary/aromatic N) is 1. The number of amides is 2. The number of pyridine rings is 1. The number of ether oxygens (including phenoxy) is 1. The van der Waals surface area contributed by atoms with Crippen LogP contribution in [0.1, 0.15) is 45.5 Å². The Morgan fingerprint density at radius 1 is 1.28 bits per heavy atom. The number of hydrogen-bond donors (Lipinski definition) is 2. The van der Waals surface area contributed by atoms with Crippen LogP contribution < -0.4 is 10.9 Å². The highest BCUT2D eigenvalue weighted by Gasteiger charge is 2.19. The largest absolute Gasteiger partial charge is 0.381 e. The number of rotatable bonds is 7. The van der Waals surface area contributed by atoms with Gasteiger partial charge in [-0.2, -0.15) is 0 Å². The highest BCUT2D eigenvalue weighted by atomic mass is 16.5. The zero-order chi connectivity index (χ0) is 20.6. The van der Waals surface area contributed by atoms with Gasteiger partial charge in [0, 0.05) is 39.5 Å². The molecule has 7 heteroatoms. The molecule has 1 aliphatic heterocycles. The Balaban J connectivity index is 1.61. The minimum absolute atomic E-state index is 0.0447. The predicted molar refractivity (Wildman–Crippen MR) is 110 cm³/mol. The van der Waals surface area contributed by atoms with E-state index in [1.807, 2.05) is 30.3 Å². The fourth-order valence-corrected chi connectivity index (χ4v) is 3.44. The van der Waals surface area contributed by atoms with Crippen LogP contribution in [0, 0.1) is 5.92 Å². The third kappa shape index (κ3) is 5.77. The summed E-state index contributed by atoms with van der Waals surface area (Å²) in [5, 5.41) is 2.86. The van der Waals surface area contributed by atoms with E-state index in [2.05, 4.69) is 10.3 Å². The Morgan fingerprint density at radius 3 is 2.79 bits per heavy atom. The van der Waals surface area contributed by atoms with Crippen molar-refractivity contribution in [2.45, 2.75) is 25.8 Å². The SMILES string of the molecule is CN(Cc1ccccc1)C(=O)c1cc(C(=O)NCCC2CCCOC2)c[nH]c1=O. The van der Waals surface area contributed by atoms with Crippen molar-refractivity contribution in [3.8, 4) is 0 Å². The second-order valence-electron chi connectivity index (χ2n) is 7.41. The van der Waals surface area contributed by atoms with Gasteiger partial charge in [0.05, 0.1) is 5.56 Å². The summed E-state index contributed by atoms with van der Waals surface area (Å²) in [6.45, 7) is 2.46. The number of benzene rings is 1. The highest BCUT2D eigenvalue weighted by Crippen LogP contribution is 2.16. The fourth-order valence-electron chi connectivity index (χ4n) is 3.44. The molecule has 2 aromatic rings. The second-order valence-corrected chi connectivity index (χ2v) is 7.41. The Kier molecular flexibility index (Phi) is 7.19. The number of H-pyrrole nitrogens is 1. The summed E-state index contributed by atoms with van der Waals surface area (Å²) < 4.78 is 5.45. The molecule has 1 aromatic heterocycles. The molecule has 7 nitrogen and oxygen atoms in total. The van der Waals surface area contributed by atoms with Gasteiger partial charge in [0.2, 0.25) is 0 Å². The average Bonchev–Trinajstić information content (AvgIpc) is 2.75. The van der Waals surface area contributed by atoms with Gasteiger partial charge < -0.3 is 19.9 Å². The summed E-state index contributed by atoms with van der Waals surface area (Å²) in [5.41, 5.74) is 0.670. The van der Waals surface area contributed by atoms with Crippen molar-refractivity contribution >= 4 is 11.8 Å². The molecule has 1 unspecified atom stereocenters. The molecule has 1 aromatic carbocycles. The van der Waals surface area contributed by atoms with Crippen LogP contribution in [0.2, 0.25) is 0 Å². The zero-order valence-corrected chi connectivity index (χ0v) is 16.6. The summed E-state index contributed by atoms with van der Waals surface area (Å²) in [6, 6.07) is 10.9. The van der Waals surface area contributed by atoms with Crippen LogP contribution in [0.5, 0.6) is 0 Å². The van der Waals surface area contributed by atoms with Crippen LogP contribution in [0.15, 0.2) is 47.4 Å². The lowest BCUT2D eigenvalue weighted by Gasteiger charge is -2.21. The molecule has 0 radical (unpaired) electrons. The molecule has 1 fully saturated rings. The lowest BCUT2D eigenvalue weighted by atomic mass is 9.99. The first kappa shape index (κ1) is 20.8. The lowest BCUT2D eigenvalue weighted by molar-refractivity contribution is 0.0514. The van der Waals surface area contributed by atoms with Gasteiger partial charge in [-0.15, -0.1) is 0 Å². The molecule has 2 amide bonds. The maximum atomic E-state index is 12.7. The van der Waals surface area contributed by atoms with Crippen LogP contribution in [0.25, 0.3) is 0 Å². The van der Waals surface area contributed by atoms with Crippen LogP contribution in [-0.2, 0) is 11.3 Å². The normalized spacial score (nSPS) is 16.2. The van der Waals surface area contributed by atoms with Crippen molar-refractivity contribution in [2.24, 2.45) is 5.92 Å². The van der Waals surface area contributed by atoms with E-state index in [1.165, 1.54) is 17.2 Å². The van der Waals surface area contributed by atoms with Gasteiger partial charge in [0.1, 0.15) is 5.56 Å². The second kappa shape index (κ2) is 10.0. The van der Waals surface area contributed by atoms with Gasteiger partial charge in [-0.25, -0.2) is 0 Å². The Labute approximate surface area is 170 Å². The van der Waals surface area contributed by atoms with Crippen molar-refractivity contribution in [1.82, 2.24) is 15.2 Å². The molecule has 0 bridgehead atoms. The van der Waals surface area contributed by atoms with Crippen LogP contribution in [-0.4, -0.2) is 48.5 Å². The first-order chi connectivity index (χ1) is 14.0. The molecule has 1 atom stereocenters. The van der Waals surface area contributed by atoms with E-state index in [1.54, 1.807) is 7.05 Å². The number of hydrogen-bond acceptors (Lipinski definition) is 4. The number of aromatic amines is 1. The average molecular weight is 397 g/mol. The molecule has 1 aliphatic rings. The van der Waals surface area contributed by atoms with Crippen molar-refractivity contribution in [3.63, 3.8) is 0 Å². The lowest BCUT2D eigenvalue weighted by Crippen LogP contribution is -2.33. The number of nitrogens with one attached hydrogen (secondary N) is 2. The van der Waals surface area contributed by atoms with Crippen molar-refractivity contribution in [3.05, 3.63) is 69.6 Å². The molecule has 2 heterocycles. The first-order valence-electron chi connectivity index (χ1n) is 9.92. The Morgan fingerprint density at radius 2 is 2.07 bits per heavy atom. The predicted octanol–water partition coefficient (Wildman–Crippen LogP) is 2.19. The van der Waals surface area contributed by atoms with Crippen molar-refractivity contribution in [2.75, 3.05) is 26.8 Å². The van der Waals surface area contributed by atoms with E-state index in [9.17, 15) is 14.4 Å². The minimum atomic E-state index is -0.509. The van der Waals surface area contributed by atoms with Gasteiger partial charge in [-0.3, -0.25) is 14.4 Å². The monoisotopic (exact) mass is 397 g/mol. The molecule has 0 saturated carbocycles. The topological polar surface area (TPSA) is 91.5 Å². The van der Waals surface area contributed by atoms with E-state index in [0.717, 1.165) is 38.0 Å². The van der Waals surface area contributed by atoms with Crippen molar-refractivity contribution in [1.29, 1.82) is 0 Å². The summed E-state index contributed by atoms with van der Waals surface area (Å²) in [7, 11) is 1.63. The number of aromatic nitrogens is 1. The molecule has 29 heavy (non-hydrogen) atoms. The van der Waals surface area contributed by atoms with Gasteiger partial charge in [0.15, 0.2) is 0 Å². The third-order valence-electron chi connectivity index (χ3n) is 5.10. The van der Waals surface area contributed by atoms with E-state index < -0.39 is 11.5 Å². The number of carbonyl (C=O) groups excluding carboxylic acids is 2. The van der Waals surface area contributed by atoms with Crippen LogP contribution in [0.3, 0.4) is 0 Å². The Bertz CT molecular complexity index is 888. The van der Waals surface area contributed by atoms with Crippen LogP contribution >= 0.6 is 0 Å². The van der Waals surface area contributed by atoms with Gasteiger partial charge in [0.25, 0.3) is 17.4 Å². The fraction of sp³-hybridized carbons (Fsp3) is 0.409. The van der Waals surface area contributed by atoms with E-state index >= 15 is 0 Å². The molecular formula is C22H27N3O4. The van der Waals surface area contributed by atoms with Gasteiger partial charge in [-0.05, 0) is 36.8 Å². The smallest absolute Gasteiger partial charge is 0.260 e. The van der Waals surface area contributed by atoms with E-state index in [0.29, 0.717) is 19.0 Å². The summed E-state index contributed by atoms with van der Waals surface area (Å²) in [5.74, 6) is -0.273. The maximum Gasteiger partial charge on any atom is 0.260 e. The molecule has 154 valence electrons.